The first-order valence-electron chi connectivity index (χ1n) is 12.7. The van der Waals surface area contributed by atoms with E-state index in [0.29, 0.717) is 21.4 Å². The molecular weight excluding hydrogens is 483 g/mol. The molecule has 4 aliphatic heterocycles. The molecule has 4 fully saturated rings. The van der Waals surface area contributed by atoms with Crippen molar-refractivity contribution in [1.82, 2.24) is 40.0 Å². The average Bonchev–Trinajstić information content (AvgIpc) is 2.83. The molecule has 0 amide bonds. The second-order valence-electron chi connectivity index (χ2n) is 11.0. The van der Waals surface area contributed by atoms with Crippen molar-refractivity contribution in [1.29, 1.82) is 0 Å². The minimum absolute atomic E-state index is 0.326. The lowest BCUT2D eigenvalue weighted by Gasteiger charge is -2.53. The fourth-order valence-corrected chi connectivity index (χ4v) is 6.17. The van der Waals surface area contributed by atoms with Gasteiger partial charge >= 0.3 is 0 Å². The molecular formula is C25H36Cl2N8. The van der Waals surface area contributed by atoms with Crippen LogP contribution in [0.3, 0.4) is 0 Å². The van der Waals surface area contributed by atoms with E-state index in [9.17, 15) is 0 Å². The van der Waals surface area contributed by atoms with E-state index in [1.54, 1.807) is 0 Å². The zero-order valence-electron chi connectivity index (χ0n) is 20.6. The fourth-order valence-electron chi connectivity index (χ4n) is 5.98. The highest BCUT2D eigenvalue weighted by Crippen LogP contribution is 2.39. The molecule has 4 saturated heterocycles. The number of halogens is 2. The zero-order valence-corrected chi connectivity index (χ0v) is 22.1. The molecule has 4 aliphatic rings. The van der Waals surface area contributed by atoms with Crippen LogP contribution in [0, 0.1) is 10.8 Å². The van der Waals surface area contributed by atoms with Gasteiger partial charge in [0.25, 0.3) is 0 Å². The van der Waals surface area contributed by atoms with E-state index in [0.717, 1.165) is 24.2 Å². The maximum atomic E-state index is 5.69. The smallest absolute Gasteiger partial charge is 0.222 e. The first-order chi connectivity index (χ1) is 16.9. The van der Waals surface area contributed by atoms with Gasteiger partial charge in [-0.05, 0) is 92.9 Å². The van der Waals surface area contributed by atoms with E-state index in [1.165, 1.54) is 78.0 Å². The summed E-state index contributed by atoms with van der Waals surface area (Å²) in [6.45, 7) is 11.6. The minimum atomic E-state index is 0.326. The largest absolute Gasteiger partial charge is 0.316 e. The van der Waals surface area contributed by atoms with E-state index in [1.807, 2.05) is 24.8 Å². The number of hydrogen-bond donors (Lipinski definition) is 1. The van der Waals surface area contributed by atoms with Crippen LogP contribution in [0.25, 0.3) is 0 Å². The molecule has 2 aromatic heterocycles. The quantitative estimate of drug-likeness (QED) is 0.619. The van der Waals surface area contributed by atoms with Crippen LogP contribution < -0.4 is 5.32 Å². The summed E-state index contributed by atoms with van der Waals surface area (Å²) >= 11 is 11.4. The third-order valence-corrected chi connectivity index (χ3v) is 8.59. The van der Waals surface area contributed by atoms with Crippen LogP contribution in [0.1, 0.15) is 36.8 Å². The molecule has 2 spiro atoms. The third kappa shape index (κ3) is 6.48. The second-order valence-corrected chi connectivity index (χ2v) is 11.7. The van der Waals surface area contributed by atoms with Crippen molar-refractivity contribution in [2.45, 2.75) is 38.8 Å². The predicted molar refractivity (Wildman–Crippen MR) is 138 cm³/mol. The van der Waals surface area contributed by atoms with Crippen LogP contribution in [-0.4, -0.2) is 94.0 Å². The van der Waals surface area contributed by atoms with Gasteiger partial charge in [0.05, 0.1) is 0 Å². The van der Waals surface area contributed by atoms with Crippen molar-refractivity contribution >= 4 is 23.2 Å². The van der Waals surface area contributed by atoms with Gasteiger partial charge in [-0.3, -0.25) is 9.80 Å². The predicted octanol–water partition coefficient (Wildman–Crippen LogP) is 2.97. The normalized spacial score (nSPS) is 23.9. The Balaban J connectivity index is 0.000000145. The lowest BCUT2D eigenvalue weighted by atomic mass is 9.72. The van der Waals surface area contributed by atoms with Gasteiger partial charge in [0.1, 0.15) is 0 Å². The summed E-state index contributed by atoms with van der Waals surface area (Å²) in [4.78, 5) is 23.5. The summed E-state index contributed by atoms with van der Waals surface area (Å²) in [5, 5.41) is 4.04. The summed E-state index contributed by atoms with van der Waals surface area (Å²) in [6, 6.07) is 0. The summed E-state index contributed by atoms with van der Waals surface area (Å²) in [6.07, 6.45) is 12.6. The second kappa shape index (κ2) is 10.9. The molecule has 6 heterocycles. The molecule has 2 aromatic rings. The summed E-state index contributed by atoms with van der Waals surface area (Å²) < 4.78 is 0. The highest BCUT2D eigenvalue weighted by atomic mass is 35.5. The first kappa shape index (κ1) is 25.2. The summed E-state index contributed by atoms with van der Waals surface area (Å²) in [7, 11) is 2.21. The Morgan fingerprint density at radius 2 is 1.11 bits per heavy atom. The highest BCUT2D eigenvalue weighted by Gasteiger charge is 2.43. The maximum Gasteiger partial charge on any atom is 0.222 e. The number of nitrogens with zero attached hydrogens (tertiary/aromatic N) is 7. The topological polar surface area (TPSA) is 73.3 Å². The lowest BCUT2D eigenvalue weighted by molar-refractivity contribution is -0.0329. The van der Waals surface area contributed by atoms with Crippen molar-refractivity contribution in [3.05, 3.63) is 46.5 Å². The number of piperidine rings is 2. The number of nitrogens with one attached hydrogen (secondary N) is 1. The molecule has 0 atom stereocenters. The van der Waals surface area contributed by atoms with E-state index in [-0.39, 0.29) is 0 Å². The zero-order chi connectivity index (χ0) is 24.3. The van der Waals surface area contributed by atoms with Crippen molar-refractivity contribution < 1.29 is 0 Å². The number of aromatic nitrogens is 4. The van der Waals surface area contributed by atoms with Gasteiger partial charge in [-0.25, -0.2) is 19.9 Å². The van der Waals surface area contributed by atoms with Crippen LogP contribution >= 0.6 is 23.2 Å². The van der Waals surface area contributed by atoms with Crippen molar-refractivity contribution in [2.75, 3.05) is 59.4 Å². The van der Waals surface area contributed by atoms with E-state index in [2.05, 4.69) is 47.0 Å². The molecule has 0 unspecified atom stereocenters. The van der Waals surface area contributed by atoms with Crippen molar-refractivity contribution in [2.24, 2.45) is 10.8 Å². The van der Waals surface area contributed by atoms with Crippen LogP contribution in [0.4, 0.5) is 0 Å². The average molecular weight is 520 g/mol. The number of likely N-dealkylation sites (tertiary alicyclic amines) is 3. The van der Waals surface area contributed by atoms with E-state index < -0.39 is 0 Å². The van der Waals surface area contributed by atoms with Gasteiger partial charge in [0.15, 0.2) is 0 Å². The molecule has 6 rings (SSSR count). The minimum Gasteiger partial charge on any atom is -0.316 e. The molecule has 10 heteroatoms. The Labute approximate surface area is 218 Å². The Morgan fingerprint density at radius 1 is 0.714 bits per heavy atom. The molecule has 8 nitrogen and oxygen atoms in total. The van der Waals surface area contributed by atoms with E-state index in [4.69, 9.17) is 23.2 Å². The molecule has 0 aromatic carbocycles. The van der Waals surface area contributed by atoms with Gasteiger partial charge in [-0.15, -0.1) is 0 Å². The molecule has 0 bridgehead atoms. The SMILES string of the molecule is CN1CC2(CCN(Cc3cnc(Cl)nc3)CC2)C1.Clc1ncc(CN2CCC3(CC2)CNC3)cn1. The van der Waals surface area contributed by atoms with Crippen molar-refractivity contribution in [3.8, 4) is 0 Å². The molecule has 0 saturated carbocycles. The Morgan fingerprint density at radius 3 is 1.46 bits per heavy atom. The van der Waals surface area contributed by atoms with Crippen molar-refractivity contribution in [3.63, 3.8) is 0 Å². The lowest BCUT2D eigenvalue weighted by Crippen LogP contribution is -2.58. The number of rotatable bonds is 4. The molecule has 1 N–H and O–H groups in total. The van der Waals surface area contributed by atoms with Crippen LogP contribution in [0.15, 0.2) is 24.8 Å². The molecule has 35 heavy (non-hydrogen) atoms. The standard InChI is InChI=1S/C13H19ClN4.C12H17ClN4/c1-17-9-13(10-17)2-4-18(5-3-13)8-11-6-15-12(14)16-7-11;13-11-15-5-10(6-16-11)7-17-3-1-12(2-4-17)8-14-9-12/h6-7H,2-5,8-10H2,1H3;5-6,14H,1-4,7-9H2. The van der Waals surface area contributed by atoms with Gasteiger partial charge in [0, 0.05) is 75.2 Å². The monoisotopic (exact) mass is 518 g/mol. The molecule has 0 radical (unpaired) electrons. The third-order valence-electron chi connectivity index (χ3n) is 8.20. The van der Waals surface area contributed by atoms with Gasteiger partial charge in [-0.1, -0.05) is 0 Å². The van der Waals surface area contributed by atoms with E-state index >= 15 is 0 Å². The van der Waals surface area contributed by atoms with Gasteiger partial charge in [0.2, 0.25) is 10.6 Å². The highest BCUT2D eigenvalue weighted by molar-refractivity contribution is 6.28. The first-order valence-corrected chi connectivity index (χ1v) is 13.4. The Bertz CT molecular complexity index is 940. The summed E-state index contributed by atoms with van der Waals surface area (Å²) in [5.74, 6) is 0. The number of hydrogen-bond acceptors (Lipinski definition) is 8. The van der Waals surface area contributed by atoms with Crippen LogP contribution in [0.5, 0.6) is 0 Å². The summed E-state index contributed by atoms with van der Waals surface area (Å²) in [5.41, 5.74) is 3.55. The molecule has 0 aliphatic carbocycles. The van der Waals surface area contributed by atoms with Gasteiger partial charge in [-0.2, -0.15) is 0 Å². The maximum absolute atomic E-state index is 5.69. The molecule has 190 valence electrons. The van der Waals surface area contributed by atoms with Crippen LogP contribution in [0.2, 0.25) is 10.6 Å². The fraction of sp³-hybridized carbons (Fsp3) is 0.680. The van der Waals surface area contributed by atoms with Crippen LogP contribution in [-0.2, 0) is 13.1 Å². The van der Waals surface area contributed by atoms with Gasteiger partial charge < -0.3 is 10.2 Å². The Kier molecular flexibility index (Phi) is 7.87. The Hall–Kier alpha value is -1.42.